The normalized spacial score (nSPS) is 18.5. The van der Waals surface area contributed by atoms with Gasteiger partial charge in [0, 0.05) is 4.88 Å². The second-order valence-corrected chi connectivity index (χ2v) is 9.04. The fourth-order valence-corrected chi connectivity index (χ4v) is 4.62. The molecule has 1 saturated heterocycles. The number of hydrogen-bond donors (Lipinski definition) is 2. The zero-order valence-electron chi connectivity index (χ0n) is 18.2. The van der Waals surface area contributed by atoms with Crippen molar-refractivity contribution >= 4 is 29.2 Å². The maximum Gasteiger partial charge on any atom is 0.325 e. The van der Waals surface area contributed by atoms with Gasteiger partial charge in [-0.3, -0.25) is 14.5 Å². The van der Waals surface area contributed by atoms with Crippen molar-refractivity contribution in [2.45, 2.75) is 25.4 Å². The lowest BCUT2D eigenvalue weighted by Crippen LogP contribution is -2.44. The molecule has 2 unspecified atom stereocenters. The van der Waals surface area contributed by atoms with Gasteiger partial charge in [0.1, 0.15) is 12.1 Å². The van der Waals surface area contributed by atoms with Gasteiger partial charge in [-0.1, -0.05) is 48.0 Å². The highest BCUT2D eigenvalue weighted by Gasteiger charge is 2.49. The van der Waals surface area contributed by atoms with E-state index in [1.807, 2.05) is 54.8 Å². The number of rotatable bonds is 6. The average molecular weight is 459 g/mol. The molecule has 0 radical (unpaired) electrons. The molecule has 0 saturated carbocycles. The molecule has 0 bridgehead atoms. The van der Waals surface area contributed by atoms with Crippen LogP contribution in [0.1, 0.15) is 40.1 Å². The lowest BCUT2D eigenvalue weighted by molar-refractivity contribution is -0.135. The van der Waals surface area contributed by atoms with E-state index in [4.69, 9.17) is 5.26 Å². The molecule has 2 atom stereocenters. The highest BCUT2D eigenvalue weighted by atomic mass is 32.1. The molecule has 2 aromatic carbocycles. The SMILES string of the molecule is Cc1ccc(C(NC(=O)CN2C(=O)NC(C)(c3cccc(C#N)c3)C2=O)c2cccs2)cc1. The first-order valence-corrected chi connectivity index (χ1v) is 11.2. The number of nitrogens with one attached hydrogen (secondary N) is 2. The number of carbonyl (C=O) groups excluding carboxylic acids is 3. The Morgan fingerprint density at radius 2 is 1.94 bits per heavy atom. The summed E-state index contributed by atoms with van der Waals surface area (Å²) in [7, 11) is 0. The number of amides is 4. The summed E-state index contributed by atoms with van der Waals surface area (Å²) < 4.78 is 0. The van der Waals surface area contributed by atoms with Crippen LogP contribution in [0.5, 0.6) is 0 Å². The Kier molecular flexibility index (Phi) is 5.99. The Morgan fingerprint density at radius 1 is 1.18 bits per heavy atom. The number of thiophene rings is 1. The molecule has 1 aliphatic rings. The molecule has 1 fully saturated rings. The number of imide groups is 1. The Bertz CT molecular complexity index is 1250. The summed E-state index contributed by atoms with van der Waals surface area (Å²) in [5.41, 5.74) is 1.53. The van der Waals surface area contributed by atoms with Crippen molar-refractivity contribution < 1.29 is 14.4 Å². The van der Waals surface area contributed by atoms with Gasteiger partial charge in [-0.2, -0.15) is 5.26 Å². The third-order valence-electron chi connectivity index (χ3n) is 5.69. The lowest BCUT2D eigenvalue weighted by Gasteiger charge is -2.23. The van der Waals surface area contributed by atoms with Crippen LogP contribution in [0.3, 0.4) is 0 Å². The fraction of sp³-hybridized carbons (Fsp3) is 0.200. The van der Waals surface area contributed by atoms with E-state index >= 15 is 0 Å². The van der Waals surface area contributed by atoms with Crippen molar-refractivity contribution in [3.63, 3.8) is 0 Å². The number of nitriles is 1. The molecule has 7 nitrogen and oxygen atoms in total. The molecule has 1 aromatic heterocycles. The van der Waals surface area contributed by atoms with Gasteiger partial charge in [0.15, 0.2) is 0 Å². The molecule has 3 aromatic rings. The van der Waals surface area contributed by atoms with Crippen LogP contribution in [-0.4, -0.2) is 29.3 Å². The molecular weight excluding hydrogens is 436 g/mol. The van der Waals surface area contributed by atoms with Crippen LogP contribution < -0.4 is 10.6 Å². The molecule has 4 amide bonds. The van der Waals surface area contributed by atoms with Gasteiger partial charge in [0.2, 0.25) is 5.91 Å². The Labute approximate surface area is 195 Å². The summed E-state index contributed by atoms with van der Waals surface area (Å²) in [5, 5.41) is 16.7. The van der Waals surface area contributed by atoms with Gasteiger partial charge >= 0.3 is 6.03 Å². The van der Waals surface area contributed by atoms with E-state index in [9.17, 15) is 14.4 Å². The minimum atomic E-state index is -1.35. The van der Waals surface area contributed by atoms with E-state index in [0.29, 0.717) is 11.1 Å². The Morgan fingerprint density at radius 3 is 2.61 bits per heavy atom. The lowest BCUT2D eigenvalue weighted by atomic mass is 9.91. The third-order valence-corrected chi connectivity index (χ3v) is 6.63. The molecule has 166 valence electrons. The largest absolute Gasteiger partial charge is 0.343 e. The Hall–Kier alpha value is -3.96. The summed E-state index contributed by atoms with van der Waals surface area (Å²) in [6, 6.07) is 19.2. The third kappa shape index (κ3) is 4.36. The van der Waals surface area contributed by atoms with Crippen molar-refractivity contribution in [1.29, 1.82) is 5.26 Å². The van der Waals surface area contributed by atoms with Gasteiger partial charge in [-0.15, -0.1) is 11.3 Å². The van der Waals surface area contributed by atoms with Crippen LogP contribution in [-0.2, 0) is 15.1 Å². The van der Waals surface area contributed by atoms with Crippen LogP contribution in [0.2, 0.25) is 0 Å². The standard InChI is InChI=1S/C25H22N4O3S/c1-16-8-10-18(11-9-16)22(20-7-4-12-33-20)27-21(30)15-29-23(31)25(2,28-24(29)32)19-6-3-5-17(13-19)14-26/h3-13,22H,15H2,1-2H3,(H,27,30)(H,28,32). The van der Waals surface area contributed by atoms with E-state index in [-0.39, 0.29) is 0 Å². The molecule has 0 spiro atoms. The number of aryl methyl sites for hydroxylation is 1. The first kappa shape index (κ1) is 22.2. The summed E-state index contributed by atoms with van der Waals surface area (Å²) in [6.45, 7) is 3.15. The fourth-order valence-electron chi connectivity index (χ4n) is 3.82. The molecule has 0 aliphatic carbocycles. The number of benzene rings is 2. The quantitative estimate of drug-likeness (QED) is 0.551. The van der Waals surface area contributed by atoms with Gasteiger partial charge in [-0.05, 0) is 48.6 Å². The highest BCUT2D eigenvalue weighted by molar-refractivity contribution is 7.10. The van der Waals surface area contributed by atoms with E-state index < -0.39 is 36.0 Å². The van der Waals surface area contributed by atoms with E-state index in [1.165, 1.54) is 11.3 Å². The maximum atomic E-state index is 13.2. The molecule has 4 rings (SSSR count). The van der Waals surface area contributed by atoms with E-state index in [2.05, 4.69) is 10.6 Å². The van der Waals surface area contributed by atoms with Crippen LogP contribution in [0.15, 0.2) is 66.0 Å². The molecule has 2 heterocycles. The summed E-state index contributed by atoms with van der Waals surface area (Å²) in [5.74, 6) is -0.992. The minimum absolute atomic E-state index is 0.379. The first-order chi connectivity index (χ1) is 15.8. The number of urea groups is 1. The number of hydrogen-bond acceptors (Lipinski definition) is 5. The molecule has 2 N–H and O–H groups in total. The van der Waals surface area contributed by atoms with Crippen LogP contribution >= 0.6 is 11.3 Å². The predicted octanol–water partition coefficient (Wildman–Crippen LogP) is 3.60. The van der Waals surface area contributed by atoms with Crippen molar-refractivity contribution in [2.24, 2.45) is 0 Å². The van der Waals surface area contributed by atoms with Crippen LogP contribution in [0.4, 0.5) is 4.79 Å². The van der Waals surface area contributed by atoms with Crippen LogP contribution in [0.25, 0.3) is 0 Å². The van der Waals surface area contributed by atoms with Gasteiger partial charge in [0.25, 0.3) is 5.91 Å². The van der Waals surface area contributed by atoms with Gasteiger partial charge in [0.05, 0.1) is 17.7 Å². The average Bonchev–Trinajstić information content (AvgIpc) is 3.42. The second-order valence-electron chi connectivity index (χ2n) is 8.07. The van der Waals surface area contributed by atoms with Crippen molar-refractivity contribution in [3.05, 3.63) is 93.2 Å². The number of carbonyl (C=O) groups is 3. The number of nitrogens with zero attached hydrogens (tertiary/aromatic N) is 2. The van der Waals surface area contributed by atoms with Gasteiger partial charge in [-0.25, -0.2) is 4.79 Å². The van der Waals surface area contributed by atoms with Gasteiger partial charge < -0.3 is 10.6 Å². The molecule has 33 heavy (non-hydrogen) atoms. The Balaban J connectivity index is 1.53. The molecular formula is C25H22N4O3S. The summed E-state index contributed by atoms with van der Waals surface area (Å²) >= 11 is 1.52. The van der Waals surface area contributed by atoms with Crippen molar-refractivity contribution in [3.8, 4) is 6.07 Å². The maximum absolute atomic E-state index is 13.2. The second kappa shape index (κ2) is 8.88. The van der Waals surface area contributed by atoms with Crippen molar-refractivity contribution in [1.82, 2.24) is 15.5 Å². The monoisotopic (exact) mass is 458 g/mol. The first-order valence-electron chi connectivity index (χ1n) is 10.4. The minimum Gasteiger partial charge on any atom is -0.343 e. The summed E-state index contributed by atoms with van der Waals surface area (Å²) in [4.78, 5) is 40.6. The zero-order valence-corrected chi connectivity index (χ0v) is 19.0. The van der Waals surface area contributed by atoms with E-state index in [0.717, 1.165) is 20.9 Å². The van der Waals surface area contributed by atoms with Crippen molar-refractivity contribution in [2.75, 3.05) is 6.54 Å². The zero-order chi connectivity index (χ0) is 23.6. The van der Waals surface area contributed by atoms with E-state index in [1.54, 1.807) is 31.2 Å². The van der Waals surface area contributed by atoms with Crippen LogP contribution in [0, 0.1) is 18.3 Å². The molecule has 1 aliphatic heterocycles. The topological polar surface area (TPSA) is 102 Å². The summed E-state index contributed by atoms with van der Waals surface area (Å²) in [6.07, 6.45) is 0. The smallest absolute Gasteiger partial charge is 0.325 e. The molecule has 8 heteroatoms. The predicted molar refractivity (Wildman–Crippen MR) is 124 cm³/mol. The highest BCUT2D eigenvalue weighted by Crippen LogP contribution is 2.30.